The Hall–Kier alpha value is -0.990. The number of imidazole rings is 1. The van der Waals surface area contributed by atoms with Crippen molar-refractivity contribution in [3.05, 3.63) is 11.9 Å². The minimum absolute atomic E-state index is 0.643. The van der Waals surface area contributed by atoms with Crippen molar-refractivity contribution in [2.24, 2.45) is 0 Å². The molecular weight excluding hydrogens is 234 g/mol. The van der Waals surface area contributed by atoms with E-state index in [2.05, 4.69) is 23.0 Å². The molecule has 0 atom stereocenters. The Bertz CT molecular complexity index is 396. The number of nitrogens with zero attached hydrogens (tertiary/aromatic N) is 2. The van der Waals surface area contributed by atoms with Crippen LogP contribution in [0.15, 0.2) is 6.20 Å². The van der Waals surface area contributed by atoms with Gasteiger partial charge in [0.2, 0.25) is 5.95 Å². The van der Waals surface area contributed by atoms with Crippen LogP contribution in [0.3, 0.4) is 0 Å². The van der Waals surface area contributed by atoms with Crippen molar-refractivity contribution in [1.82, 2.24) is 9.55 Å². The van der Waals surface area contributed by atoms with E-state index >= 15 is 0 Å². The number of rotatable bonds is 3. The molecule has 1 aromatic heterocycles. The van der Waals surface area contributed by atoms with Gasteiger partial charge in [-0.1, -0.05) is 38.5 Å². The summed E-state index contributed by atoms with van der Waals surface area (Å²) < 4.78 is 2.42. The zero-order chi connectivity index (χ0) is 13.1. The van der Waals surface area contributed by atoms with Crippen LogP contribution >= 0.6 is 0 Å². The zero-order valence-electron chi connectivity index (χ0n) is 12.2. The molecular formula is C16H27N3. The van der Waals surface area contributed by atoms with Crippen LogP contribution in [0, 0.1) is 6.92 Å². The Balaban J connectivity index is 1.72. The highest BCUT2D eigenvalue weighted by Gasteiger charge is 2.22. The second kappa shape index (κ2) is 5.98. The van der Waals surface area contributed by atoms with E-state index in [4.69, 9.17) is 4.98 Å². The molecule has 1 N–H and O–H groups in total. The number of aromatic nitrogens is 2. The highest BCUT2D eigenvalue weighted by molar-refractivity contribution is 5.31. The monoisotopic (exact) mass is 261 g/mol. The SMILES string of the molecule is Cc1cn(C2CCCC2)c(NC2CCCCCC2)n1. The van der Waals surface area contributed by atoms with Crippen LogP contribution in [0.1, 0.15) is 75.9 Å². The molecule has 2 aliphatic carbocycles. The molecule has 0 unspecified atom stereocenters. The van der Waals surface area contributed by atoms with Crippen LogP contribution in [0.2, 0.25) is 0 Å². The van der Waals surface area contributed by atoms with Gasteiger partial charge in [-0.25, -0.2) is 4.98 Å². The Morgan fingerprint density at radius 1 is 1.00 bits per heavy atom. The molecule has 3 rings (SSSR count). The first-order valence-corrected chi connectivity index (χ1v) is 8.15. The maximum absolute atomic E-state index is 4.73. The molecule has 1 heterocycles. The van der Waals surface area contributed by atoms with Crippen LogP contribution in [0.4, 0.5) is 5.95 Å². The third-order valence-electron chi connectivity index (χ3n) is 4.76. The van der Waals surface area contributed by atoms with Gasteiger partial charge in [0.15, 0.2) is 0 Å². The van der Waals surface area contributed by atoms with Gasteiger partial charge in [0.05, 0.1) is 5.69 Å². The second-order valence-electron chi connectivity index (χ2n) is 6.38. The average molecular weight is 261 g/mol. The van der Waals surface area contributed by atoms with Gasteiger partial charge in [-0.3, -0.25) is 0 Å². The van der Waals surface area contributed by atoms with E-state index in [-0.39, 0.29) is 0 Å². The van der Waals surface area contributed by atoms with E-state index in [0.29, 0.717) is 12.1 Å². The second-order valence-corrected chi connectivity index (χ2v) is 6.38. The van der Waals surface area contributed by atoms with E-state index in [1.165, 1.54) is 64.2 Å². The van der Waals surface area contributed by atoms with Crippen molar-refractivity contribution in [2.45, 2.75) is 83.2 Å². The van der Waals surface area contributed by atoms with Gasteiger partial charge in [-0.05, 0) is 32.6 Å². The van der Waals surface area contributed by atoms with Crippen molar-refractivity contribution >= 4 is 5.95 Å². The molecule has 0 spiro atoms. The van der Waals surface area contributed by atoms with E-state index in [1.807, 2.05) is 0 Å². The van der Waals surface area contributed by atoms with Gasteiger partial charge >= 0.3 is 0 Å². The van der Waals surface area contributed by atoms with E-state index in [0.717, 1.165) is 11.6 Å². The molecule has 0 aliphatic heterocycles. The van der Waals surface area contributed by atoms with Gasteiger partial charge in [0, 0.05) is 18.3 Å². The molecule has 3 heteroatoms. The van der Waals surface area contributed by atoms with Crippen LogP contribution < -0.4 is 5.32 Å². The fourth-order valence-electron chi connectivity index (χ4n) is 3.69. The first kappa shape index (κ1) is 13.0. The molecule has 0 saturated heterocycles. The molecule has 0 radical (unpaired) electrons. The Morgan fingerprint density at radius 2 is 1.63 bits per heavy atom. The molecule has 0 amide bonds. The summed E-state index contributed by atoms with van der Waals surface area (Å²) in [5.74, 6) is 1.14. The normalized spacial score (nSPS) is 22.6. The zero-order valence-corrected chi connectivity index (χ0v) is 12.2. The predicted molar refractivity (Wildman–Crippen MR) is 79.6 cm³/mol. The summed E-state index contributed by atoms with van der Waals surface area (Å²) >= 11 is 0. The van der Waals surface area contributed by atoms with Crippen LogP contribution in [-0.2, 0) is 0 Å². The summed E-state index contributed by atoms with van der Waals surface area (Å²) in [5.41, 5.74) is 1.16. The fourth-order valence-corrected chi connectivity index (χ4v) is 3.69. The van der Waals surface area contributed by atoms with Crippen molar-refractivity contribution < 1.29 is 0 Å². The smallest absolute Gasteiger partial charge is 0.203 e. The summed E-state index contributed by atoms with van der Waals surface area (Å²) in [6.45, 7) is 2.11. The maximum atomic E-state index is 4.73. The minimum Gasteiger partial charge on any atom is -0.353 e. The lowest BCUT2D eigenvalue weighted by atomic mass is 10.1. The Morgan fingerprint density at radius 3 is 2.32 bits per heavy atom. The standard InChI is InChI=1S/C16H27N3/c1-13-12-19(15-10-6-7-11-15)16(17-13)18-14-8-4-2-3-5-9-14/h12,14-15H,2-11H2,1H3,(H,17,18). The van der Waals surface area contributed by atoms with Gasteiger partial charge in [0.1, 0.15) is 0 Å². The van der Waals surface area contributed by atoms with Gasteiger partial charge < -0.3 is 9.88 Å². The molecule has 2 aliphatic rings. The third kappa shape index (κ3) is 3.13. The van der Waals surface area contributed by atoms with Crippen LogP contribution in [0.25, 0.3) is 0 Å². The summed E-state index contributed by atoms with van der Waals surface area (Å²) in [5, 5.41) is 3.74. The molecule has 2 saturated carbocycles. The maximum Gasteiger partial charge on any atom is 0.203 e. The molecule has 19 heavy (non-hydrogen) atoms. The molecule has 0 aromatic carbocycles. The van der Waals surface area contributed by atoms with Crippen molar-refractivity contribution in [3.8, 4) is 0 Å². The van der Waals surface area contributed by atoms with Crippen molar-refractivity contribution in [1.29, 1.82) is 0 Å². The van der Waals surface area contributed by atoms with E-state index in [1.54, 1.807) is 0 Å². The highest BCUT2D eigenvalue weighted by atomic mass is 15.2. The lowest BCUT2D eigenvalue weighted by Gasteiger charge is -2.20. The number of hydrogen-bond donors (Lipinski definition) is 1. The quantitative estimate of drug-likeness (QED) is 0.815. The van der Waals surface area contributed by atoms with Gasteiger partial charge in [-0.15, -0.1) is 0 Å². The summed E-state index contributed by atoms with van der Waals surface area (Å²) in [6, 6.07) is 1.33. The molecule has 1 aromatic rings. The average Bonchev–Trinajstić information content (AvgIpc) is 2.95. The largest absolute Gasteiger partial charge is 0.353 e. The number of anilines is 1. The lowest BCUT2D eigenvalue weighted by Crippen LogP contribution is -2.22. The predicted octanol–water partition coefficient (Wildman–Crippen LogP) is 4.44. The van der Waals surface area contributed by atoms with Crippen molar-refractivity contribution in [3.63, 3.8) is 0 Å². The molecule has 3 nitrogen and oxygen atoms in total. The number of hydrogen-bond acceptors (Lipinski definition) is 2. The van der Waals surface area contributed by atoms with Crippen molar-refractivity contribution in [2.75, 3.05) is 5.32 Å². The lowest BCUT2D eigenvalue weighted by molar-refractivity contribution is 0.514. The summed E-state index contributed by atoms with van der Waals surface area (Å²) in [4.78, 5) is 4.73. The molecule has 2 fully saturated rings. The minimum atomic E-state index is 0.643. The number of aryl methyl sites for hydroxylation is 1. The summed E-state index contributed by atoms with van der Waals surface area (Å²) in [6.07, 6.45) is 15.9. The molecule has 106 valence electrons. The molecule has 0 bridgehead atoms. The summed E-state index contributed by atoms with van der Waals surface area (Å²) in [7, 11) is 0. The van der Waals surface area contributed by atoms with E-state index in [9.17, 15) is 0 Å². The van der Waals surface area contributed by atoms with E-state index < -0.39 is 0 Å². The number of nitrogens with one attached hydrogen (secondary N) is 1. The first-order valence-electron chi connectivity index (χ1n) is 8.15. The van der Waals surface area contributed by atoms with Crippen LogP contribution in [-0.4, -0.2) is 15.6 Å². The first-order chi connectivity index (χ1) is 9.33. The Labute approximate surface area is 116 Å². The third-order valence-corrected chi connectivity index (χ3v) is 4.76. The fraction of sp³-hybridized carbons (Fsp3) is 0.812. The van der Waals surface area contributed by atoms with Gasteiger partial charge in [-0.2, -0.15) is 0 Å². The van der Waals surface area contributed by atoms with Gasteiger partial charge in [0.25, 0.3) is 0 Å². The van der Waals surface area contributed by atoms with Crippen LogP contribution in [0.5, 0.6) is 0 Å². The topological polar surface area (TPSA) is 29.9 Å². The Kier molecular flexibility index (Phi) is 4.09. The highest BCUT2D eigenvalue weighted by Crippen LogP contribution is 2.32.